The van der Waals surface area contributed by atoms with E-state index in [-0.39, 0.29) is 0 Å². The first-order chi connectivity index (χ1) is 17.2. The number of hydrogen-bond acceptors (Lipinski definition) is 6. The first-order valence-corrected chi connectivity index (χ1v) is 13.1. The molecule has 0 N–H and O–H groups in total. The van der Waals surface area contributed by atoms with Gasteiger partial charge in [0.15, 0.2) is 0 Å². The van der Waals surface area contributed by atoms with Crippen molar-refractivity contribution in [3.8, 4) is 11.5 Å². The lowest BCUT2D eigenvalue weighted by Gasteiger charge is -2.34. The Bertz CT molecular complexity index is 1090. The predicted octanol–water partition coefficient (Wildman–Crippen LogP) is 4.21. The van der Waals surface area contributed by atoms with Gasteiger partial charge in [0.25, 0.3) is 0 Å². The molecule has 3 aromatic rings. The molecule has 6 nitrogen and oxygen atoms in total. The summed E-state index contributed by atoms with van der Waals surface area (Å²) in [5, 5.41) is 1.09. The third-order valence-corrected chi connectivity index (χ3v) is 7.14. The number of piperazine rings is 1. The van der Waals surface area contributed by atoms with Gasteiger partial charge in [-0.3, -0.25) is 19.7 Å². The monoisotopic (exact) mass is 474 g/mol. The second-order valence-electron chi connectivity index (χ2n) is 9.79. The van der Waals surface area contributed by atoms with Crippen molar-refractivity contribution in [3.05, 3.63) is 65.9 Å². The molecule has 0 saturated carbocycles. The molecule has 0 spiro atoms. The second-order valence-corrected chi connectivity index (χ2v) is 9.79. The van der Waals surface area contributed by atoms with Gasteiger partial charge < -0.3 is 9.47 Å². The predicted molar refractivity (Wildman–Crippen MR) is 141 cm³/mol. The lowest BCUT2D eigenvalue weighted by molar-refractivity contribution is 0.112. The minimum atomic E-state index is 0.698. The summed E-state index contributed by atoms with van der Waals surface area (Å²) < 4.78 is 12.2. The molecule has 0 unspecified atom stereocenters. The molecule has 2 saturated heterocycles. The third-order valence-electron chi connectivity index (χ3n) is 7.14. The van der Waals surface area contributed by atoms with Crippen LogP contribution >= 0.6 is 0 Å². The van der Waals surface area contributed by atoms with E-state index >= 15 is 0 Å². The molecule has 186 valence electrons. The van der Waals surface area contributed by atoms with E-state index in [0.717, 1.165) is 80.5 Å². The maximum Gasteiger partial charge on any atom is 0.128 e. The summed E-state index contributed by atoms with van der Waals surface area (Å²) in [7, 11) is 0. The van der Waals surface area contributed by atoms with Gasteiger partial charge in [0.2, 0.25) is 0 Å². The van der Waals surface area contributed by atoms with Crippen molar-refractivity contribution in [2.45, 2.75) is 26.3 Å². The molecular formula is C29H38N4O2. The summed E-state index contributed by atoms with van der Waals surface area (Å²) >= 11 is 0. The summed E-state index contributed by atoms with van der Waals surface area (Å²) in [5.41, 5.74) is 3.36. The van der Waals surface area contributed by atoms with Gasteiger partial charge in [-0.2, -0.15) is 0 Å². The van der Waals surface area contributed by atoms with E-state index in [2.05, 4.69) is 50.0 Å². The fraction of sp³-hybridized carbons (Fsp3) is 0.483. The van der Waals surface area contributed by atoms with E-state index in [4.69, 9.17) is 9.47 Å². The Morgan fingerprint density at radius 1 is 0.743 bits per heavy atom. The van der Waals surface area contributed by atoms with Crippen LogP contribution in [-0.4, -0.2) is 85.3 Å². The van der Waals surface area contributed by atoms with Crippen LogP contribution < -0.4 is 9.47 Å². The van der Waals surface area contributed by atoms with Crippen molar-refractivity contribution in [3.63, 3.8) is 0 Å². The van der Waals surface area contributed by atoms with Crippen molar-refractivity contribution < 1.29 is 9.47 Å². The number of nitrogens with zero attached hydrogens (tertiary/aromatic N) is 4. The molecule has 2 aliphatic rings. The summed E-state index contributed by atoms with van der Waals surface area (Å²) in [6, 6.07) is 18.9. The Kier molecular flexibility index (Phi) is 8.14. The number of aryl methyl sites for hydroxylation is 1. The molecule has 0 aliphatic carbocycles. The van der Waals surface area contributed by atoms with Crippen molar-refractivity contribution in [1.29, 1.82) is 0 Å². The molecule has 0 radical (unpaired) electrons. The van der Waals surface area contributed by atoms with E-state index in [1.165, 1.54) is 31.5 Å². The Morgan fingerprint density at radius 2 is 1.46 bits per heavy atom. The van der Waals surface area contributed by atoms with Crippen LogP contribution in [0, 0.1) is 6.92 Å². The minimum absolute atomic E-state index is 0.698. The number of likely N-dealkylation sites (tertiary alicyclic amines) is 1. The smallest absolute Gasteiger partial charge is 0.128 e. The highest BCUT2D eigenvalue weighted by Crippen LogP contribution is 2.24. The van der Waals surface area contributed by atoms with Gasteiger partial charge in [-0.05, 0) is 74.8 Å². The fourth-order valence-electron chi connectivity index (χ4n) is 5.10. The van der Waals surface area contributed by atoms with Crippen LogP contribution in [0.4, 0.5) is 0 Å². The second kappa shape index (κ2) is 11.8. The zero-order chi connectivity index (χ0) is 23.9. The fourth-order valence-corrected chi connectivity index (χ4v) is 5.10. The highest BCUT2D eigenvalue weighted by molar-refractivity contribution is 5.85. The number of aromatic nitrogens is 1. The van der Waals surface area contributed by atoms with E-state index in [1.54, 1.807) is 0 Å². The van der Waals surface area contributed by atoms with Crippen LogP contribution in [0.3, 0.4) is 0 Å². The van der Waals surface area contributed by atoms with Gasteiger partial charge >= 0.3 is 0 Å². The summed E-state index contributed by atoms with van der Waals surface area (Å²) in [5.74, 6) is 1.92. The maximum absolute atomic E-state index is 6.15. The Morgan fingerprint density at radius 3 is 2.29 bits per heavy atom. The number of ether oxygens (including phenoxy) is 2. The molecule has 2 fully saturated rings. The van der Waals surface area contributed by atoms with E-state index < -0.39 is 0 Å². The summed E-state index contributed by atoms with van der Waals surface area (Å²) in [6.07, 6.45) is 2.66. The first kappa shape index (κ1) is 24.0. The van der Waals surface area contributed by atoms with Crippen LogP contribution in [0.1, 0.15) is 24.1 Å². The molecule has 2 aliphatic heterocycles. The van der Waals surface area contributed by atoms with Gasteiger partial charge in [-0.15, -0.1) is 0 Å². The van der Waals surface area contributed by atoms with Crippen LogP contribution in [0.15, 0.2) is 54.6 Å². The van der Waals surface area contributed by atoms with E-state index in [0.29, 0.717) is 6.61 Å². The average molecular weight is 475 g/mol. The van der Waals surface area contributed by atoms with Crippen molar-refractivity contribution in [2.24, 2.45) is 0 Å². The van der Waals surface area contributed by atoms with Crippen molar-refractivity contribution >= 4 is 10.9 Å². The normalized spacial score (nSPS) is 17.7. The lowest BCUT2D eigenvalue weighted by Crippen LogP contribution is -2.47. The van der Waals surface area contributed by atoms with E-state index in [9.17, 15) is 0 Å². The van der Waals surface area contributed by atoms with Crippen LogP contribution in [0.25, 0.3) is 10.9 Å². The highest BCUT2D eigenvalue weighted by Gasteiger charge is 2.17. The van der Waals surface area contributed by atoms with Crippen LogP contribution in [0.2, 0.25) is 0 Å². The zero-order valence-electron chi connectivity index (χ0n) is 21.0. The van der Waals surface area contributed by atoms with Crippen LogP contribution in [-0.2, 0) is 6.54 Å². The van der Waals surface area contributed by atoms with Gasteiger partial charge in [-0.1, -0.05) is 18.2 Å². The van der Waals surface area contributed by atoms with E-state index in [1.807, 2.05) is 31.2 Å². The van der Waals surface area contributed by atoms with Gasteiger partial charge in [0.05, 0.1) is 5.52 Å². The molecular weight excluding hydrogens is 436 g/mol. The number of fused-ring (bicyclic) bond motifs is 1. The quantitative estimate of drug-likeness (QED) is 0.438. The SMILES string of the molecule is Cc1ccc2c(OCCN3CCN(Cc4cccc(OCCN5CCCC5)c4)CC3)cccc2n1. The molecule has 6 heteroatoms. The Hall–Kier alpha value is -2.67. The van der Waals surface area contributed by atoms with Gasteiger partial charge in [0, 0.05) is 56.9 Å². The molecule has 2 aromatic carbocycles. The lowest BCUT2D eigenvalue weighted by atomic mass is 10.2. The number of hydrogen-bond donors (Lipinski definition) is 0. The zero-order valence-corrected chi connectivity index (χ0v) is 21.0. The molecule has 5 rings (SSSR count). The molecule has 1 aromatic heterocycles. The van der Waals surface area contributed by atoms with Crippen molar-refractivity contribution in [2.75, 3.05) is 65.6 Å². The molecule has 0 bridgehead atoms. The summed E-state index contributed by atoms with van der Waals surface area (Å²) in [4.78, 5) is 12.1. The topological polar surface area (TPSA) is 41.1 Å². The minimum Gasteiger partial charge on any atom is -0.492 e. The maximum atomic E-state index is 6.15. The molecule has 0 amide bonds. The largest absolute Gasteiger partial charge is 0.492 e. The molecule has 35 heavy (non-hydrogen) atoms. The third kappa shape index (κ3) is 6.72. The van der Waals surface area contributed by atoms with Gasteiger partial charge in [0.1, 0.15) is 24.7 Å². The first-order valence-electron chi connectivity index (χ1n) is 13.1. The highest BCUT2D eigenvalue weighted by atomic mass is 16.5. The Balaban J connectivity index is 1.03. The molecule has 0 atom stereocenters. The van der Waals surface area contributed by atoms with Crippen molar-refractivity contribution in [1.82, 2.24) is 19.7 Å². The number of benzene rings is 2. The van der Waals surface area contributed by atoms with Gasteiger partial charge in [-0.25, -0.2) is 0 Å². The summed E-state index contributed by atoms with van der Waals surface area (Å²) in [6.45, 7) is 13.2. The average Bonchev–Trinajstić information content (AvgIpc) is 3.39. The number of pyridine rings is 1. The molecule has 3 heterocycles. The standard InChI is InChI=1S/C29H38N4O2/c1-24-10-11-27-28(30-24)8-5-9-29(27)35-21-19-32-14-16-33(17-15-32)23-25-6-4-7-26(22-25)34-20-18-31-12-2-3-13-31/h4-11,22H,2-3,12-21,23H2,1H3. The number of rotatable bonds is 10. The Labute approximate surface area is 209 Å². The van der Waals surface area contributed by atoms with Crippen LogP contribution in [0.5, 0.6) is 11.5 Å².